The quantitative estimate of drug-likeness (QED) is 0.0262. The number of rotatable bonds is 53. The lowest BCUT2D eigenvalue weighted by Crippen LogP contribution is -2.30. The highest BCUT2D eigenvalue weighted by Crippen LogP contribution is 2.17. The van der Waals surface area contributed by atoms with Gasteiger partial charge in [0.05, 0.1) is 0 Å². The number of esters is 3. The fraction of sp³-hybridized carbons (Fsp3) is 0.790. The lowest BCUT2D eigenvalue weighted by atomic mass is 10.0. The van der Waals surface area contributed by atoms with Crippen molar-refractivity contribution >= 4 is 17.9 Å². The van der Waals surface area contributed by atoms with Crippen LogP contribution in [0.1, 0.15) is 297 Å². The molecule has 0 aliphatic heterocycles. The smallest absolute Gasteiger partial charge is 0.306 e. The summed E-state index contributed by atoms with van der Waals surface area (Å²) in [6.45, 7) is 6.57. The van der Waals surface area contributed by atoms with E-state index in [1.807, 2.05) is 24.3 Å². The van der Waals surface area contributed by atoms with Crippen LogP contribution >= 0.6 is 0 Å². The number of ether oxygens (including phenoxy) is 3. The first-order chi connectivity index (χ1) is 33.5. The minimum absolute atomic E-state index is 0.0784. The van der Waals surface area contributed by atoms with Crippen LogP contribution in [0.4, 0.5) is 0 Å². The van der Waals surface area contributed by atoms with Crippen molar-refractivity contribution in [2.45, 2.75) is 303 Å². The summed E-state index contributed by atoms with van der Waals surface area (Å²) in [6.07, 6.45) is 70.6. The molecule has 0 rings (SSSR count). The van der Waals surface area contributed by atoms with Gasteiger partial charge in [0.1, 0.15) is 13.2 Å². The molecule has 0 aliphatic rings. The number of hydrogen-bond donors (Lipinski definition) is 0. The van der Waals surface area contributed by atoms with Gasteiger partial charge < -0.3 is 14.2 Å². The second kappa shape index (κ2) is 56.7. The van der Waals surface area contributed by atoms with Crippen LogP contribution in [0, 0.1) is 0 Å². The second-order valence-electron chi connectivity index (χ2n) is 19.7. The third-order valence-corrected chi connectivity index (χ3v) is 12.9. The van der Waals surface area contributed by atoms with Crippen molar-refractivity contribution in [2.75, 3.05) is 13.2 Å². The lowest BCUT2D eigenvalue weighted by molar-refractivity contribution is -0.167. The Morgan fingerprint density at radius 1 is 0.294 bits per heavy atom. The molecule has 0 N–H and O–H groups in total. The van der Waals surface area contributed by atoms with Crippen LogP contribution in [-0.2, 0) is 28.6 Å². The molecule has 0 saturated heterocycles. The topological polar surface area (TPSA) is 78.9 Å². The van der Waals surface area contributed by atoms with Crippen molar-refractivity contribution in [2.24, 2.45) is 0 Å². The minimum atomic E-state index is -0.782. The van der Waals surface area contributed by atoms with Crippen molar-refractivity contribution in [1.82, 2.24) is 0 Å². The maximum atomic E-state index is 12.9. The Morgan fingerprint density at radius 3 is 0.882 bits per heavy atom. The molecule has 0 aromatic heterocycles. The zero-order valence-corrected chi connectivity index (χ0v) is 45.1. The molecule has 0 fully saturated rings. The van der Waals surface area contributed by atoms with Crippen molar-refractivity contribution in [1.29, 1.82) is 0 Å². The van der Waals surface area contributed by atoms with Crippen molar-refractivity contribution < 1.29 is 28.6 Å². The number of carbonyl (C=O) groups excluding carboxylic acids is 3. The van der Waals surface area contributed by atoms with E-state index in [0.717, 1.165) is 83.5 Å². The zero-order chi connectivity index (χ0) is 49.3. The van der Waals surface area contributed by atoms with Gasteiger partial charge in [-0.15, -0.1) is 0 Å². The molecule has 0 aromatic carbocycles. The van der Waals surface area contributed by atoms with E-state index in [-0.39, 0.29) is 31.1 Å². The lowest BCUT2D eigenvalue weighted by Gasteiger charge is -2.18. The average Bonchev–Trinajstić information content (AvgIpc) is 3.34. The highest BCUT2D eigenvalue weighted by atomic mass is 16.6. The highest BCUT2D eigenvalue weighted by molar-refractivity contribution is 5.71. The Kier molecular flexibility index (Phi) is 54.3. The third-order valence-electron chi connectivity index (χ3n) is 12.9. The van der Waals surface area contributed by atoms with E-state index in [0.29, 0.717) is 19.3 Å². The Bertz CT molecular complexity index is 1230. The number of allylic oxidation sites excluding steroid dienone is 10. The molecule has 0 aliphatic carbocycles. The van der Waals surface area contributed by atoms with E-state index >= 15 is 0 Å². The van der Waals surface area contributed by atoms with Crippen LogP contribution in [-0.4, -0.2) is 37.2 Å². The van der Waals surface area contributed by atoms with Crippen molar-refractivity contribution in [3.8, 4) is 0 Å². The van der Waals surface area contributed by atoms with E-state index < -0.39 is 6.10 Å². The molecule has 6 nitrogen and oxygen atoms in total. The molecular weight excluding hydrogens is 841 g/mol. The first kappa shape index (κ1) is 65.1. The molecule has 0 amide bonds. The Balaban J connectivity index is 4.40. The highest BCUT2D eigenvalue weighted by Gasteiger charge is 2.19. The monoisotopic (exact) mass is 951 g/mol. The molecule has 0 heterocycles. The van der Waals surface area contributed by atoms with Crippen molar-refractivity contribution in [3.05, 3.63) is 60.8 Å². The molecule has 68 heavy (non-hydrogen) atoms. The molecule has 0 saturated carbocycles. The standard InChI is InChI=1S/C62H110O6/c1-4-7-10-13-16-19-22-25-28-30-32-34-37-40-43-46-49-52-55-61(64)67-58-59(57-66-60(63)54-51-48-45-42-39-36-33-27-24-21-18-15-12-9-6-3)68-62(65)56-53-50-47-44-41-38-35-31-29-26-23-20-17-14-11-8-5-2/h10,13,16,19,22,25,28,30,32,34,59H,4-9,11-12,14-15,17-18,20-21,23-24,26-27,29,31,33,35-58H2,1-3H3/b13-10-,19-16-,25-22-,30-28-,34-32-. The van der Waals surface area contributed by atoms with Gasteiger partial charge in [-0.1, -0.05) is 300 Å². The summed E-state index contributed by atoms with van der Waals surface area (Å²) in [5.41, 5.74) is 0. The normalized spacial score (nSPS) is 12.5. The molecule has 0 spiro atoms. The van der Waals surface area contributed by atoms with Gasteiger partial charge in [0, 0.05) is 19.3 Å². The Morgan fingerprint density at radius 2 is 0.559 bits per heavy atom. The number of hydrogen-bond acceptors (Lipinski definition) is 6. The first-order valence-electron chi connectivity index (χ1n) is 29.4. The fourth-order valence-electron chi connectivity index (χ4n) is 8.47. The summed E-state index contributed by atoms with van der Waals surface area (Å²) in [6, 6.07) is 0. The maximum absolute atomic E-state index is 12.9. The van der Waals surface area contributed by atoms with Crippen LogP contribution in [0.15, 0.2) is 60.8 Å². The summed E-state index contributed by atoms with van der Waals surface area (Å²) >= 11 is 0. The molecule has 0 aromatic rings. The second-order valence-corrected chi connectivity index (χ2v) is 19.7. The van der Waals surface area contributed by atoms with Gasteiger partial charge in [0.2, 0.25) is 0 Å². The molecule has 0 radical (unpaired) electrons. The maximum Gasteiger partial charge on any atom is 0.306 e. The van der Waals surface area contributed by atoms with Gasteiger partial charge >= 0.3 is 17.9 Å². The van der Waals surface area contributed by atoms with E-state index in [1.54, 1.807) is 0 Å². The minimum Gasteiger partial charge on any atom is -0.462 e. The van der Waals surface area contributed by atoms with Gasteiger partial charge in [-0.25, -0.2) is 0 Å². The van der Waals surface area contributed by atoms with Crippen LogP contribution in [0.2, 0.25) is 0 Å². The largest absolute Gasteiger partial charge is 0.462 e. The molecular formula is C62H110O6. The van der Waals surface area contributed by atoms with Crippen LogP contribution in [0.3, 0.4) is 0 Å². The van der Waals surface area contributed by atoms with Gasteiger partial charge in [-0.05, 0) is 38.5 Å². The summed E-state index contributed by atoms with van der Waals surface area (Å²) in [5, 5.41) is 0. The van der Waals surface area contributed by atoms with Gasteiger partial charge in [-0.2, -0.15) is 0 Å². The molecule has 394 valence electrons. The van der Waals surface area contributed by atoms with Crippen LogP contribution in [0.5, 0.6) is 0 Å². The fourth-order valence-corrected chi connectivity index (χ4v) is 8.47. The Labute approximate surface area is 421 Å². The zero-order valence-electron chi connectivity index (χ0n) is 45.1. The van der Waals surface area contributed by atoms with Crippen molar-refractivity contribution in [3.63, 3.8) is 0 Å². The van der Waals surface area contributed by atoms with E-state index in [1.165, 1.54) is 173 Å². The molecule has 1 unspecified atom stereocenters. The summed E-state index contributed by atoms with van der Waals surface area (Å²) in [4.78, 5) is 38.2. The summed E-state index contributed by atoms with van der Waals surface area (Å²) < 4.78 is 16.9. The van der Waals surface area contributed by atoms with Gasteiger partial charge in [0.15, 0.2) is 6.10 Å². The predicted octanol–water partition coefficient (Wildman–Crippen LogP) is 19.6. The first-order valence-corrected chi connectivity index (χ1v) is 29.4. The molecule has 0 bridgehead atoms. The molecule has 6 heteroatoms. The third kappa shape index (κ3) is 54.1. The van der Waals surface area contributed by atoms with Crippen LogP contribution in [0.25, 0.3) is 0 Å². The summed E-state index contributed by atoms with van der Waals surface area (Å²) in [7, 11) is 0. The average molecular weight is 952 g/mol. The SMILES string of the molecule is CCC\C=C/C=C\C=C/C=C\C=C/CCCCCCCC(=O)OCC(COC(=O)CCCCCCCCCCCCCCCCC)OC(=O)CCCCCCCCCCCCCCCCCCC. The number of unbranched alkanes of at least 4 members (excludes halogenated alkanes) is 36. The number of carbonyl (C=O) groups is 3. The van der Waals surface area contributed by atoms with E-state index in [9.17, 15) is 14.4 Å². The predicted molar refractivity (Wildman–Crippen MR) is 293 cm³/mol. The van der Waals surface area contributed by atoms with E-state index in [2.05, 4.69) is 57.2 Å². The van der Waals surface area contributed by atoms with Crippen LogP contribution < -0.4 is 0 Å². The summed E-state index contributed by atoms with van der Waals surface area (Å²) in [5.74, 6) is -0.888. The van der Waals surface area contributed by atoms with Gasteiger partial charge in [-0.3, -0.25) is 14.4 Å². The Hall–Kier alpha value is -2.89. The van der Waals surface area contributed by atoms with E-state index in [4.69, 9.17) is 14.2 Å². The van der Waals surface area contributed by atoms with Gasteiger partial charge in [0.25, 0.3) is 0 Å². The molecule has 1 atom stereocenters.